The predicted octanol–water partition coefficient (Wildman–Crippen LogP) is 2.79. The third kappa shape index (κ3) is 1.81. The maximum absolute atomic E-state index is 12.5. The first-order chi connectivity index (χ1) is 6.11. The molecule has 1 saturated carbocycles. The van der Waals surface area contributed by atoms with Crippen molar-refractivity contribution >= 4 is 22.9 Å². The summed E-state index contributed by atoms with van der Waals surface area (Å²) in [6, 6.07) is 0. The van der Waals surface area contributed by atoms with E-state index in [1.807, 2.05) is 0 Å². The van der Waals surface area contributed by atoms with Crippen LogP contribution in [-0.2, 0) is 5.88 Å². The van der Waals surface area contributed by atoms with Gasteiger partial charge in [-0.2, -0.15) is 0 Å². The van der Waals surface area contributed by atoms with E-state index in [2.05, 4.69) is 10.2 Å². The molecule has 0 radical (unpaired) electrons. The number of hydrogen-bond acceptors (Lipinski definition) is 3. The number of nitrogens with zero attached hydrogens (tertiary/aromatic N) is 2. The Kier molecular flexibility index (Phi) is 2.23. The Morgan fingerprint density at radius 2 is 2.15 bits per heavy atom. The van der Waals surface area contributed by atoms with Gasteiger partial charge in [0, 0.05) is 18.8 Å². The smallest absolute Gasteiger partial charge is 0.207 e. The van der Waals surface area contributed by atoms with Crippen LogP contribution in [0.4, 0.5) is 8.78 Å². The van der Waals surface area contributed by atoms with Gasteiger partial charge in [-0.15, -0.1) is 21.8 Å². The molecule has 0 aromatic carbocycles. The normalized spacial score (nSPS) is 21.5. The zero-order valence-corrected chi connectivity index (χ0v) is 8.21. The highest BCUT2D eigenvalue weighted by molar-refractivity contribution is 7.11. The Labute approximate surface area is 82.9 Å². The third-order valence-corrected chi connectivity index (χ3v) is 3.53. The molecule has 1 fully saturated rings. The van der Waals surface area contributed by atoms with Crippen molar-refractivity contribution in [3.8, 4) is 0 Å². The standard InChI is InChI=1S/C7H7ClF2N2S/c8-3-5-11-12-6(13-5)4-1-7(9,10)2-4/h4H,1-3H2. The fraction of sp³-hybridized carbons (Fsp3) is 0.714. The highest BCUT2D eigenvalue weighted by atomic mass is 35.5. The minimum Gasteiger partial charge on any atom is -0.207 e. The molecule has 0 spiro atoms. The van der Waals surface area contributed by atoms with Gasteiger partial charge in [0.25, 0.3) is 0 Å². The van der Waals surface area contributed by atoms with Crippen LogP contribution in [0.2, 0.25) is 0 Å². The quantitative estimate of drug-likeness (QED) is 0.722. The summed E-state index contributed by atoms with van der Waals surface area (Å²) in [4.78, 5) is 0. The number of aromatic nitrogens is 2. The largest absolute Gasteiger partial charge is 0.249 e. The third-order valence-electron chi connectivity index (χ3n) is 2.04. The van der Waals surface area contributed by atoms with Crippen molar-refractivity contribution < 1.29 is 8.78 Å². The van der Waals surface area contributed by atoms with Crippen LogP contribution in [0, 0.1) is 0 Å². The molecule has 0 saturated heterocycles. The van der Waals surface area contributed by atoms with Crippen LogP contribution in [0.3, 0.4) is 0 Å². The molecular weight excluding hydrogens is 218 g/mol. The van der Waals surface area contributed by atoms with Crippen molar-refractivity contribution in [2.24, 2.45) is 0 Å². The lowest BCUT2D eigenvalue weighted by molar-refractivity contribution is -0.0868. The summed E-state index contributed by atoms with van der Waals surface area (Å²) in [6.07, 6.45) is -0.187. The van der Waals surface area contributed by atoms with Gasteiger partial charge in [0.1, 0.15) is 10.0 Å². The lowest BCUT2D eigenvalue weighted by Gasteiger charge is -2.32. The fourth-order valence-corrected chi connectivity index (χ4v) is 2.33. The van der Waals surface area contributed by atoms with Gasteiger partial charge >= 0.3 is 0 Å². The maximum Gasteiger partial charge on any atom is 0.249 e. The molecule has 1 heterocycles. The molecule has 0 N–H and O–H groups in total. The van der Waals surface area contributed by atoms with Crippen LogP contribution in [-0.4, -0.2) is 16.1 Å². The van der Waals surface area contributed by atoms with Gasteiger partial charge in [-0.05, 0) is 0 Å². The molecule has 0 amide bonds. The molecule has 1 aliphatic carbocycles. The second kappa shape index (κ2) is 3.13. The second-order valence-corrected chi connectivity index (χ2v) is 4.49. The van der Waals surface area contributed by atoms with Crippen LogP contribution < -0.4 is 0 Å². The van der Waals surface area contributed by atoms with Gasteiger partial charge in [0.05, 0.1) is 5.88 Å². The van der Waals surface area contributed by atoms with Crippen LogP contribution in [0.15, 0.2) is 0 Å². The topological polar surface area (TPSA) is 25.8 Å². The summed E-state index contributed by atoms with van der Waals surface area (Å²) in [5.41, 5.74) is 0. The monoisotopic (exact) mass is 224 g/mol. The molecule has 0 unspecified atom stereocenters. The minimum atomic E-state index is -2.49. The Bertz CT molecular complexity index is 307. The second-order valence-electron chi connectivity index (χ2n) is 3.13. The van der Waals surface area contributed by atoms with E-state index < -0.39 is 5.92 Å². The molecule has 0 atom stereocenters. The first kappa shape index (κ1) is 9.27. The number of alkyl halides is 3. The number of rotatable bonds is 2. The average molecular weight is 225 g/mol. The molecule has 1 aromatic rings. The van der Waals surface area contributed by atoms with E-state index in [0.29, 0.717) is 15.9 Å². The van der Waals surface area contributed by atoms with Crippen LogP contribution >= 0.6 is 22.9 Å². The average Bonchev–Trinajstić information content (AvgIpc) is 2.47. The number of halogens is 3. The van der Waals surface area contributed by atoms with Crippen molar-refractivity contribution in [2.75, 3.05) is 0 Å². The van der Waals surface area contributed by atoms with Crippen molar-refractivity contribution in [3.63, 3.8) is 0 Å². The van der Waals surface area contributed by atoms with E-state index in [1.165, 1.54) is 11.3 Å². The Morgan fingerprint density at radius 3 is 2.62 bits per heavy atom. The first-order valence-electron chi connectivity index (χ1n) is 3.87. The summed E-state index contributed by atoms with van der Waals surface area (Å²) < 4.78 is 25.0. The molecule has 6 heteroatoms. The van der Waals surface area contributed by atoms with E-state index >= 15 is 0 Å². The molecular formula is C7H7ClF2N2S. The maximum atomic E-state index is 12.5. The zero-order valence-electron chi connectivity index (χ0n) is 6.64. The van der Waals surface area contributed by atoms with E-state index in [9.17, 15) is 8.78 Å². The van der Waals surface area contributed by atoms with Crippen LogP contribution in [0.1, 0.15) is 28.8 Å². The first-order valence-corrected chi connectivity index (χ1v) is 5.22. The summed E-state index contributed by atoms with van der Waals surface area (Å²) in [5.74, 6) is -2.29. The van der Waals surface area contributed by atoms with Crippen LogP contribution in [0.5, 0.6) is 0 Å². The molecule has 0 aliphatic heterocycles. The van der Waals surface area contributed by atoms with Gasteiger partial charge in [0.2, 0.25) is 5.92 Å². The lowest BCUT2D eigenvalue weighted by atomic mass is 9.82. The summed E-state index contributed by atoms with van der Waals surface area (Å²) >= 11 is 6.85. The van der Waals surface area contributed by atoms with Gasteiger partial charge in [-0.25, -0.2) is 8.78 Å². The van der Waals surface area contributed by atoms with Gasteiger partial charge in [0.15, 0.2) is 0 Å². The summed E-state index contributed by atoms with van der Waals surface area (Å²) in [6.45, 7) is 0. The van der Waals surface area contributed by atoms with Crippen LogP contribution in [0.25, 0.3) is 0 Å². The highest BCUT2D eigenvalue weighted by Gasteiger charge is 2.47. The molecule has 13 heavy (non-hydrogen) atoms. The highest BCUT2D eigenvalue weighted by Crippen LogP contribution is 2.48. The van der Waals surface area contributed by atoms with Gasteiger partial charge in [-0.3, -0.25) is 0 Å². The van der Waals surface area contributed by atoms with Crippen molar-refractivity contribution in [1.82, 2.24) is 10.2 Å². The Hall–Kier alpha value is -0.290. The molecule has 0 bridgehead atoms. The molecule has 2 rings (SSSR count). The van der Waals surface area contributed by atoms with Gasteiger partial charge < -0.3 is 0 Å². The minimum absolute atomic E-state index is 0.0933. The number of hydrogen-bond donors (Lipinski definition) is 0. The Morgan fingerprint density at radius 1 is 1.46 bits per heavy atom. The molecule has 2 nitrogen and oxygen atoms in total. The summed E-state index contributed by atoms with van der Waals surface area (Å²) in [7, 11) is 0. The van der Waals surface area contributed by atoms with E-state index in [1.54, 1.807) is 0 Å². The van der Waals surface area contributed by atoms with E-state index in [0.717, 1.165) is 0 Å². The van der Waals surface area contributed by atoms with E-state index in [4.69, 9.17) is 11.6 Å². The molecule has 1 aliphatic rings. The predicted molar refractivity (Wildman–Crippen MR) is 46.4 cm³/mol. The van der Waals surface area contributed by atoms with Gasteiger partial charge in [-0.1, -0.05) is 11.3 Å². The molecule has 1 aromatic heterocycles. The van der Waals surface area contributed by atoms with E-state index in [-0.39, 0.29) is 18.8 Å². The SMILES string of the molecule is FC1(F)CC(c2nnc(CCl)s2)C1. The van der Waals surface area contributed by atoms with Crippen molar-refractivity contribution in [1.29, 1.82) is 0 Å². The zero-order chi connectivity index (χ0) is 9.47. The van der Waals surface area contributed by atoms with Crippen molar-refractivity contribution in [2.45, 2.75) is 30.6 Å². The Balaban J connectivity index is 2.03. The lowest BCUT2D eigenvalue weighted by Crippen LogP contribution is -2.33. The fourth-order valence-electron chi connectivity index (χ4n) is 1.32. The van der Waals surface area contributed by atoms with Crippen molar-refractivity contribution in [3.05, 3.63) is 10.0 Å². The summed E-state index contributed by atoms with van der Waals surface area (Å²) in [5, 5.41) is 9.00. The molecule has 72 valence electrons.